The molecule has 0 bridgehead atoms. The molecule has 2 rings (SSSR count). The van der Waals surface area contributed by atoms with Crippen LogP contribution in [0.2, 0.25) is 0 Å². The first-order chi connectivity index (χ1) is 4.88. The van der Waals surface area contributed by atoms with Crippen LogP contribution in [0.5, 0.6) is 0 Å². The Morgan fingerprint density at radius 2 is 2.20 bits per heavy atom. The molecule has 0 saturated carbocycles. The molecule has 0 radical (unpaired) electrons. The number of hydrogen-bond donors (Lipinski definition) is 0. The van der Waals surface area contributed by atoms with Gasteiger partial charge in [-0.25, -0.2) is 0 Å². The molecule has 3 nitrogen and oxygen atoms in total. The van der Waals surface area contributed by atoms with Crippen molar-refractivity contribution in [3.05, 3.63) is 29.1 Å². The first kappa shape index (κ1) is 5.85. The molecule has 2 aromatic heterocycles. The van der Waals surface area contributed by atoms with E-state index in [1.54, 1.807) is 0 Å². The van der Waals surface area contributed by atoms with E-state index >= 15 is 0 Å². The standard InChI is InChI=1S/C6H4BrN3/c7-6-9-8-5-3-1-2-4-10(5)6/h1-4H. The number of hydrogen-bond acceptors (Lipinski definition) is 2. The first-order valence-corrected chi connectivity index (χ1v) is 3.62. The maximum absolute atomic E-state index is 3.88. The highest BCUT2D eigenvalue weighted by Gasteiger charge is 1.96. The Kier molecular flexibility index (Phi) is 1.20. The molecule has 50 valence electrons. The van der Waals surface area contributed by atoms with E-state index < -0.39 is 0 Å². The molecule has 0 aliphatic rings. The van der Waals surface area contributed by atoms with Crippen molar-refractivity contribution >= 4 is 21.6 Å². The predicted molar refractivity (Wildman–Crippen MR) is 40.7 cm³/mol. The number of aromatic nitrogens is 3. The predicted octanol–water partition coefficient (Wildman–Crippen LogP) is 1.49. The minimum Gasteiger partial charge on any atom is -0.277 e. The summed E-state index contributed by atoms with van der Waals surface area (Å²) in [6.07, 6.45) is 1.90. The van der Waals surface area contributed by atoms with E-state index in [1.165, 1.54) is 0 Å². The molecule has 0 fully saturated rings. The van der Waals surface area contributed by atoms with Crippen molar-refractivity contribution in [1.29, 1.82) is 0 Å². The van der Waals surface area contributed by atoms with Crippen molar-refractivity contribution < 1.29 is 0 Å². The highest BCUT2D eigenvalue weighted by molar-refractivity contribution is 9.10. The third-order valence-corrected chi connectivity index (χ3v) is 1.81. The Bertz CT molecular complexity index is 355. The fraction of sp³-hybridized carbons (Fsp3) is 0. The lowest BCUT2D eigenvalue weighted by atomic mass is 10.5. The summed E-state index contributed by atoms with van der Waals surface area (Å²) in [7, 11) is 0. The molecule has 2 heterocycles. The lowest BCUT2D eigenvalue weighted by molar-refractivity contribution is 1.05. The summed E-state index contributed by atoms with van der Waals surface area (Å²) in [6.45, 7) is 0. The summed E-state index contributed by atoms with van der Waals surface area (Å²) in [5, 5.41) is 7.71. The van der Waals surface area contributed by atoms with E-state index in [0.717, 1.165) is 10.4 Å². The molecular weight excluding hydrogens is 194 g/mol. The number of rotatable bonds is 0. The van der Waals surface area contributed by atoms with Gasteiger partial charge in [-0.15, -0.1) is 10.2 Å². The zero-order chi connectivity index (χ0) is 6.97. The van der Waals surface area contributed by atoms with Gasteiger partial charge in [0.05, 0.1) is 0 Å². The summed E-state index contributed by atoms with van der Waals surface area (Å²) >= 11 is 3.26. The van der Waals surface area contributed by atoms with Gasteiger partial charge in [-0.3, -0.25) is 4.40 Å². The van der Waals surface area contributed by atoms with Crippen LogP contribution in [0.3, 0.4) is 0 Å². The summed E-state index contributed by atoms with van der Waals surface area (Å²) in [5.74, 6) is 0. The zero-order valence-corrected chi connectivity index (χ0v) is 6.62. The van der Waals surface area contributed by atoms with Gasteiger partial charge in [-0.1, -0.05) is 6.07 Å². The lowest BCUT2D eigenvalue weighted by Crippen LogP contribution is -1.80. The lowest BCUT2D eigenvalue weighted by Gasteiger charge is -1.88. The molecule has 0 aliphatic carbocycles. The van der Waals surface area contributed by atoms with Crippen LogP contribution in [0.4, 0.5) is 0 Å². The molecular formula is C6H4BrN3. The third kappa shape index (κ3) is 0.724. The molecule has 0 aromatic carbocycles. The van der Waals surface area contributed by atoms with Crippen LogP contribution in [0.25, 0.3) is 5.65 Å². The van der Waals surface area contributed by atoms with Crippen LogP contribution in [0.15, 0.2) is 29.1 Å². The van der Waals surface area contributed by atoms with E-state index in [1.807, 2.05) is 28.8 Å². The summed E-state index contributed by atoms with van der Waals surface area (Å²) in [4.78, 5) is 0. The van der Waals surface area contributed by atoms with Crippen molar-refractivity contribution in [2.45, 2.75) is 0 Å². The summed E-state index contributed by atoms with van der Waals surface area (Å²) in [6, 6.07) is 5.76. The largest absolute Gasteiger partial charge is 0.277 e. The second kappa shape index (κ2) is 2.05. The van der Waals surface area contributed by atoms with E-state index in [4.69, 9.17) is 0 Å². The quantitative estimate of drug-likeness (QED) is 0.641. The Hall–Kier alpha value is -0.900. The Labute approximate surface area is 65.8 Å². The normalized spacial score (nSPS) is 10.5. The first-order valence-electron chi connectivity index (χ1n) is 2.83. The molecule has 4 heteroatoms. The van der Waals surface area contributed by atoms with Gasteiger partial charge in [0.1, 0.15) is 0 Å². The smallest absolute Gasteiger partial charge is 0.204 e. The average molecular weight is 198 g/mol. The Balaban J connectivity index is 2.93. The van der Waals surface area contributed by atoms with Gasteiger partial charge in [0.15, 0.2) is 5.65 Å². The van der Waals surface area contributed by atoms with Crippen LogP contribution in [0, 0.1) is 0 Å². The highest BCUT2D eigenvalue weighted by Crippen LogP contribution is 2.07. The Morgan fingerprint density at radius 3 is 3.00 bits per heavy atom. The molecule has 0 N–H and O–H groups in total. The Morgan fingerprint density at radius 1 is 1.30 bits per heavy atom. The second-order valence-corrected chi connectivity index (χ2v) is 2.61. The van der Waals surface area contributed by atoms with Crippen LogP contribution < -0.4 is 0 Å². The monoisotopic (exact) mass is 197 g/mol. The average Bonchev–Trinajstić information content (AvgIpc) is 2.34. The summed E-state index contributed by atoms with van der Waals surface area (Å²) in [5.41, 5.74) is 0.856. The van der Waals surface area contributed by atoms with Crippen LogP contribution >= 0.6 is 15.9 Å². The van der Waals surface area contributed by atoms with Gasteiger partial charge in [0.2, 0.25) is 4.73 Å². The molecule has 0 unspecified atom stereocenters. The van der Waals surface area contributed by atoms with E-state index in [2.05, 4.69) is 26.1 Å². The van der Waals surface area contributed by atoms with E-state index in [9.17, 15) is 0 Å². The van der Waals surface area contributed by atoms with Gasteiger partial charge in [-0.05, 0) is 28.1 Å². The van der Waals surface area contributed by atoms with E-state index in [0.29, 0.717) is 0 Å². The van der Waals surface area contributed by atoms with E-state index in [-0.39, 0.29) is 0 Å². The minimum absolute atomic E-state index is 0.739. The number of fused-ring (bicyclic) bond motifs is 1. The molecule has 0 amide bonds. The fourth-order valence-corrected chi connectivity index (χ4v) is 1.19. The van der Waals surface area contributed by atoms with Gasteiger partial charge in [-0.2, -0.15) is 0 Å². The maximum atomic E-state index is 3.88. The van der Waals surface area contributed by atoms with Crippen molar-refractivity contribution in [3.8, 4) is 0 Å². The fourth-order valence-electron chi connectivity index (χ4n) is 0.812. The SMILES string of the molecule is Brc1nnc2ccccn12. The molecule has 2 aromatic rings. The second-order valence-electron chi connectivity index (χ2n) is 1.90. The van der Waals surface area contributed by atoms with Gasteiger partial charge in [0.25, 0.3) is 0 Å². The van der Waals surface area contributed by atoms with Gasteiger partial charge in [0, 0.05) is 6.20 Å². The van der Waals surface area contributed by atoms with Crippen LogP contribution in [0.1, 0.15) is 0 Å². The van der Waals surface area contributed by atoms with Crippen LogP contribution in [-0.2, 0) is 0 Å². The minimum atomic E-state index is 0.739. The topological polar surface area (TPSA) is 30.2 Å². The number of nitrogens with zero attached hydrogens (tertiary/aromatic N) is 3. The van der Waals surface area contributed by atoms with Crippen LogP contribution in [-0.4, -0.2) is 14.6 Å². The molecule has 0 saturated heterocycles. The molecule has 0 spiro atoms. The molecule has 0 atom stereocenters. The molecule has 10 heavy (non-hydrogen) atoms. The van der Waals surface area contributed by atoms with Gasteiger partial charge < -0.3 is 0 Å². The van der Waals surface area contributed by atoms with Gasteiger partial charge >= 0.3 is 0 Å². The van der Waals surface area contributed by atoms with Crippen molar-refractivity contribution in [3.63, 3.8) is 0 Å². The number of pyridine rings is 1. The third-order valence-electron chi connectivity index (χ3n) is 1.27. The zero-order valence-electron chi connectivity index (χ0n) is 5.03. The van der Waals surface area contributed by atoms with Crippen molar-refractivity contribution in [1.82, 2.24) is 14.6 Å². The highest BCUT2D eigenvalue weighted by atomic mass is 79.9. The number of halogens is 1. The van der Waals surface area contributed by atoms with Crippen molar-refractivity contribution in [2.75, 3.05) is 0 Å². The van der Waals surface area contributed by atoms with Crippen molar-refractivity contribution in [2.24, 2.45) is 0 Å². The molecule has 0 aliphatic heterocycles. The summed E-state index contributed by atoms with van der Waals surface area (Å²) < 4.78 is 2.60. The maximum Gasteiger partial charge on any atom is 0.204 e.